The second-order valence-corrected chi connectivity index (χ2v) is 7.66. The number of anilines is 1. The van der Waals surface area contributed by atoms with Crippen LogP contribution in [0.5, 0.6) is 0 Å². The molecule has 3 heterocycles. The van der Waals surface area contributed by atoms with Crippen LogP contribution in [0.15, 0.2) is 75.6 Å². The van der Waals surface area contributed by atoms with Crippen molar-refractivity contribution in [2.24, 2.45) is 5.10 Å². The third-order valence-electron chi connectivity index (χ3n) is 5.51. The van der Waals surface area contributed by atoms with E-state index in [-0.39, 0.29) is 5.91 Å². The van der Waals surface area contributed by atoms with Gasteiger partial charge in [-0.15, -0.1) is 0 Å². The van der Waals surface area contributed by atoms with E-state index in [1.54, 1.807) is 13.2 Å². The summed E-state index contributed by atoms with van der Waals surface area (Å²) in [6.45, 7) is 5.85. The topological polar surface area (TPSA) is 95.3 Å². The van der Waals surface area contributed by atoms with Gasteiger partial charge in [0.1, 0.15) is 5.76 Å². The number of carbonyl (C=O) groups excluding carboxylic acids is 1. The Morgan fingerprint density at radius 3 is 2.87 bits per heavy atom. The van der Waals surface area contributed by atoms with Gasteiger partial charge in [-0.1, -0.05) is 31.7 Å². The molecule has 2 aromatic heterocycles. The Bertz CT molecular complexity index is 1290. The number of imidazole rings is 1. The number of nitrogens with zero attached hydrogens (tertiary/aromatic N) is 2. The molecule has 7 heteroatoms. The number of hydrogen-bond acceptors (Lipinski definition) is 5. The maximum absolute atomic E-state index is 11.6. The van der Waals surface area contributed by atoms with E-state index in [4.69, 9.17) is 4.42 Å². The Balaban J connectivity index is 1.37. The summed E-state index contributed by atoms with van der Waals surface area (Å²) in [4.78, 5) is 19.2. The van der Waals surface area contributed by atoms with Crippen molar-refractivity contribution in [3.05, 3.63) is 71.9 Å². The summed E-state index contributed by atoms with van der Waals surface area (Å²) in [6.07, 6.45) is 9.24. The van der Waals surface area contributed by atoms with E-state index in [0.29, 0.717) is 18.8 Å². The van der Waals surface area contributed by atoms with Crippen LogP contribution >= 0.6 is 0 Å². The fourth-order valence-corrected chi connectivity index (χ4v) is 3.88. The van der Waals surface area contributed by atoms with Crippen LogP contribution in [0.4, 0.5) is 5.95 Å². The van der Waals surface area contributed by atoms with Gasteiger partial charge in [0.05, 0.1) is 35.1 Å². The lowest BCUT2D eigenvalue weighted by molar-refractivity contribution is -0.115. The summed E-state index contributed by atoms with van der Waals surface area (Å²) >= 11 is 0. The molecule has 0 unspecified atom stereocenters. The zero-order chi connectivity index (χ0) is 21.4. The van der Waals surface area contributed by atoms with Gasteiger partial charge in [-0.25, -0.2) is 4.98 Å². The van der Waals surface area contributed by atoms with Crippen LogP contribution in [0.2, 0.25) is 0 Å². The number of hydrazone groups is 1. The molecule has 1 aromatic carbocycles. The molecule has 1 aliphatic heterocycles. The van der Waals surface area contributed by atoms with Gasteiger partial charge in [0.25, 0.3) is 0 Å². The zero-order valence-electron chi connectivity index (χ0n) is 17.3. The van der Waals surface area contributed by atoms with Crippen LogP contribution < -0.4 is 10.7 Å². The first-order valence-corrected chi connectivity index (χ1v) is 10.4. The molecule has 5 rings (SSSR count). The normalized spacial score (nSPS) is 15.6. The Morgan fingerprint density at radius 1 is 1.19 bits per heavy atom. The number of allylic oxidation sites excluding steroid dienone is 3. The van der Waals surface area contributed by atoms with Crippen LogP contribution in [-0.2, 0) is 11.2 Å². The molecule has 1 aliphatic carbocycles. The van der Waals surface area contributed by atoms with Crippen LogP contribution in [0.1, 0.15) is 31.9 Å². The van der Waals surface area contributed by atoms with E-state index in [2.05, 4.69) is 44.5 Å². The number of fused-ring (bicyclic) bond motifs is 2. The standard InChI is InChI=1S/C24H23N5O2/c1-3-23(30)27-24-25-20-9-8-15(11-22(20)26-24)16-10-17(31-13-16)12-21-19-7-5-4-6-18(19)14(2)28-29-21/h6-11,13,28H,2-5,12H2,1H3,(H2,25,26,27,30). The number of aromatic amines is 1. The summed E-state index contributed by atoms with van der Waals surface area (Å²) in [5.41, 5.74) is 10.8. The third-order valence-corrected chi connectivity index (χ3v) is 5.51. The molecule has 156 valence electrons. The number of furan rings is 1. The van der Waals surface area contributed by atoms with Gasteiger partial charge < -0.3 is 9.40 Å². The maximum atomic E-state index is 11.6. The van der Waals surface area contributed by atoms with Crippen LogP contribution in [-0.4, -0.2) is 21.6 Å². The molecule has 7 nitrogen and oxygen atoms in total. The average molecular weight is 413 g/mol. The quantitative estimate of drug-likeness (QED) is 0.558. The molecule has 0 fully saturated rings. The van der Waals surface area contributed by atoms with E-state index in [1.807, 2.05) is 24.3 Å². The van der Waals surface area contributed by atoms with Gasteiger partial charge >= 0.3 is 0 Å². The molecular weight excluding hydrogens is 390 g/mol. The number of rotatable bonds is 5. The minimum Gasteiger partial charge on any atom is -0.468 e. The van der Waals surface area contributed by atoms with Gasteiger partial charge in [-0.3, -0.25) is 15.5 Å². The van der Waals surface area contributed by atoms with Crippen molar-refractivity contribution in [2.45, 2.75) is 32.6 Å². The highest BCUT2D eigenvalue weighted by atomic mass is 16.3. The Labute approximate surface area is 179 Å². The van der Waals surface area contributed by atoms with Crippen molar-refractivity contribution >= 4 is 28.6 Å². The predicted octanol–water partition coefficient (Wildman–Crippen LogP) is 4.83. The molecule has 2 aliphatic rings. The highest BCUT2D eigenvalue weighted by Crippen LogP contribution is 2.30. The molecule has 3 aromatic rings. The molecule has 1 amide bonds. The van der Waals surface area contributed by atoms with Crippen molar-refractivity contribution in [2.75, 3.05) is 5.32 Å². The van der Waals surface area contributed by atoms with Crippen molar-refractivity contribution in [3.63, 3.8) is 0 Å². The summed E-state index contributed by atoms with van der Waals surface area (Å²) in [6, 6.07) is 7.97. The molecule has 0 saturated heterocycles. The summed E-state index contributed by atoms with van der Waals surface area (Å²) < 4.78 is 5.85. The van der Waals surface area contributed by atoms with Gasteiger partial charge in [0.2, 0.25) is 11.9 Å². The Hall–Kier alpha value is -3.87. The fraction of sp³-hybridized carbons (Fsp3) is 0.208. The van der Waals surface area contributed by atoms with E-state index in [0.717, 1.165) is 63.3 Å². The molecule has 31 heavy (non-hydrogen) atoms. The SMILES string of the molecule is C=C1NN=C(Cc2cc(-c3ccc4nc(NC(=O)CC)[nH]c4c3)co2)C2=CCCC=C12. The van der Waals surface area contributed by atoms with E-state index in [1.165, 1.54) is 0 Å². The number of benzene rings is 1. The van der Waals surface area contributed by atoms with E-state index < -0.39 is 0 Å². The highest BCUT2D eigenvalue weighted by Gasteiger charge is 2.22. The molecule has 0 atom stereocenters. The van der Waals surface area contributed by atoms with Crippen LogP contribution in [0.3, 0.4) is 0 Å². The number of aromatic nitrogens is 2. The van der Waals surface area contributed by atoms with Crippen LogP contribution in [0, 0.1) is 0 Å². The first kappa shape index (κ1) is 19.1. The monoisotopic (exact) mass is 413 g/mol. The summed E-state index contributed by atoms with van der Waals surface area (Å²) in [5.74, 6) is 1.23. The number of amides is 1. The van der Waals surface area contributed by atoms with Gasteiger partial charge in [0.15, 0.2) is 0 Å². The summed E-state index contributed by atoms with van der Waals surface area (Å²) in [7, 11) is 0. The van der Waals surface area contributed by atoms with Crippen LogP contribution in [0.25, 0.3) is 22.2 Å². The minimum atomic E-state index is -0.0754. The molecular formula is C24H23N5O2. The first-order chi connectivity index (χ1) is 15.1. The molecule has 3 N–H and O–H groups in total. The van der Waals surface area contributed by atoms with E-state index >= 15 is 0 Å². The molecule has 0 bridgehead atoms. The lowest BCUT2D eigenvalue weighted by Crippen LogP contribution is -2.24. The van der Waals surface area contributed by atoms with Crippen molar-refractivity contribution in [1.29, 1.82) is 0 Å². The van der Waals surface area contributed by atoms with Crippen molar-refractivity contribution < 1.29 is 9.21 Å². The molecule has 0 spiro atoms. The number of nitrogens with one attached hydrogen (secondary N) is 3. The van der Waals surface area contributed by atoms with Gasteiger partial charge in [-0.2, -0.15) is 5.10 Å². The predicted molar refractivity (Wildman–Crippen MR) is 122 cm³/mol. The number of carbonyl (C=O) groups is 1. The second-order valence-electron chi connectivity index (χ2n) is 7.66. The lowest BCUT2D eigenvalue weighted by atomic mass is 9.89. The molecule has 0 saturated carbocycles. The Kier molecular flexibility index (Phi) is 4.78. The van der Waals surface area contributed by atoms with Gasteiger partial charge in [-0.05, 0) is 36.6 Å². The third kappa shape index (κ3) is 3.70. The number of H-pyrrole nitrogens is 1. The summed E-state index contributed by atoms with van der Waals surface area (Å²) in [5, 5.41) is 7.25. The van der Waals surface area contributed by atoms with E-state index in [9.17, 15) is 4.79 Å². The minimum absolute atomic E-state index is 0.0754. The highest BCUT2D eigenvalue weighted by molar-refractivity contribution is 6.07. The van der Waals surface area contributed by atoms with Crippen molar-refractivity contribution in [1.82, 2.24) is 15.4 Å². The second kappa shape index (κ2) is 7.75. The Morgan fingerprint density at radius 2 is 2.03 bits per heavy atom. The first-order valence-electron chi connectivity index (χ1n) is 10.4. The number of hydrogen-bond donors (Lipinski definition) is 3. The lowest BCUT2D eigenvalue weighted by Gasteiger charge is -2.24. The average Bonchev–Trinajstić information content (AvgIpc) is 3.41. The van der Waals surface area contributed by atoms with Crippen molar-refractivity contribution in [3.8, 4) is 11.1 Å². The smallest absolute Gasteiger partial charge is 0.226 e. The largest absolute Gasteiger partial charge is 0.468 e. The maximum Gasteiger partial charge on any atom is 0.226 e. The van der Waals surface area contributed by atoms with Gasteiger partial charge in [0, 0.05) is 23.1 Å². The molecule has 0 radical (unpaired) electrons. The zero-order valence-corrected chi connectivity index (χ0v) is 17.3. The fourth-order valence-electron chi connectivity index (χ4n) is 3.88.